The van der Waals surface area contributed by atoms with Gasteiger partial charge in [0.1, 0.15) is 5.75 Å². The first-order valence-electron chi connectivity index (χ1n) is 11.8. The van der Waals surface area contributed by atoms with Gasteiger partial charge in [-0.15, -0.1) is 24.0 Å². The van der Waals surface area contributed by atoms with Crippen LogP contribution < -0.4 is 10.1 Å². The first-order chi connectivity index (χ1) is 15.7. The highest BCUT2D eigenvalue weighted by molar-refractivity contribution is 14.0. The van der Waals surface area contributed by atoms with Gasteiger partial charge >= 0.3 is 5.97 Å². The van der Waals surface area contributed by atoms with E-state index in [1.165, 1.54) is 5.56 Å². The number of carbonyl (C=O) groups excluding carboxylic acids is 1. The van der Waals surface area contributed by atoms with Crippen LogP contribution in [-0.2, 0) is 14.3 Å². The number of ether oxygens (including phenoxy) is 3. The first-order valence-corrected chi connectivity index (χ1v) is 11.8. The van der Waals surface area contributed by atoms with Crippen molar-refractivity contribution in [2.24, 2.45) is 10.9 Å². The lowest BCUT2D eigenvalue weighted by molar-refractivity contribution is -0.149. The van der Waals surface area contributed by atoms with Crippen LogP contribution in [0.4, 0.5) is 0 Å². The number of hydrogen-bond donors (Lipinski definition) is 1. The molecule has 1 aromatic carbocycles. The van der Waals surface area contributed by atoms with Crippen molar-refractivity contribution in [2.75, 3.05) is 66.2 Å². The maximum atomic E-state index is 12.3. The Hall–Kier alpha value is -1.59. The summed E-state index contributed by atoms with van der Waals surface area (Å²) in [5, 5.41) is 3.43. The van der Waals surface area contributed by atoms with Gasteiger partial charge in [0, 0.05) is 32.7 Å². The van der Waals surface area contributed by atoms with Crippen LogP contribution in [0.5, 0.6) is 5.75 Å². The minimum atomic E-state index is -0.0996. The summed E-state index contributed by atoms with van der Waals surface area (Å²) in [6.45, 7) is 10.6. The lowest BCUT2D eigenvalue weighted by Gasteiger charge is -2.36. The number of hydrogen-bond acceptors (Lipinski definition) is 6. The van der Waals surface area contributed by atoms with Gasteiger partial charge in [0.05, 0.1) is 45.4 Å². The Kier molecular flexibility index (Phi) is 12.3. The van der Waals surface area contributed by atoms with E-state index in [0.717, 1.165) is 63.9 Å². The van der Waals surface area contributed by atoms with E-state index in [9.17, 15) is 4.79 Å². The van der Waals surface area contributed by atoms with Gasteiger partial charge in [-0.05, 0) is 44.4 Å². The highest BCUT2D eigenvalue weighted by Gasteiger charge is 2.29. The van der Waals surface area contributed by atoms with Crippen LogP contribution in [0.25, 0.3) is 0 Å². The van der Waals surface area contributed by atoms with E-state index in [2.05, 4.69) is 34.2 Å². The van der Waals surface area contributed by atoms with Crippen molar-refractivity contribution >= 4 is 35.9 Å². The molecule has 3 rings (SSSR count). The standard InChI is InChI=1S/C24H38N4O4.HI/c1-4-25-24(28-12-6-7-20(18-28)23(29)32-5-2)26-17-22(27-13-15-31-16-14-27)19-8-10-21(30-3)11-9-19;/h8-11,20,22H,4-7,12-18H2,1-3H3,(H,25,26);1H. The van der Waals surface area contributed by atoms with E-state index < -0.39 is 0 Å². The zero-order chi connectivity index (χ0) is 22.8. The van der Waals surface area contributed by atoms with Gasteiger partial charge in [-0.25, -0.2) is 0 Å². The van der Waals surface area contributed by atoms with Gasteiger partial charge in [-0.2, -0.15) is 0 Å². The minimum Gasteiger partial charge on any atom is -0.497 e. The molecular formula is C24H39IN4O4. The third-order valence-electron chi connectivity index (χ3n) is 6.08. The molecule has 2 aliphatic heterocycles. The van der Waals surface area contributed by atoms with E-state index in [4.69, 9.17) is 19.2 Å². The third kappa shape index (κ3) is 7.99. The lowest BCUT2D eigenvalue weighted by Crippen LogP contribution is -2.48. The Morgan fingerprint density at radius 2 is 1.94 bits per heavy atom. The molecular weight excluding hydrogens is 535 g/mol. The predicted octanol–water partition coefficient (Wildman–Crippen LogP) is 2.93. The van der Waals surface area contributed by atoms with Crippen molar-refractivity contribution in [3.05, 3.63) is 29.8 Å². The number of carbonyl (C=O) groups is 1. The molecule has 2 heterocycles. The molecule has 0 radical (unpaired) electrons. The molecule has 2 atom stereocenters. The minimum absolute atomic E-state index is 0. The van der Waals surface area contributed by atoms with Crippen molar-refractivity contribution < 1.29 is 19.0 Å². The van der Waals surface area contributed by atoms with Gasteiger partial charge in [0.25, 0.3) is 0 Å². The summed E-state index contributed by atoms with van der Waals surface area (Å²) in [5.74, 6) is 1.53. The number of piperidine rings is 1. The van der Waals surface area contributed by atoms with E-state index in [-0.39, 0.29) is 41.9 Å². The summed E-state index contributed by atoms with van der Waals surface area (Å²) in [4.78, 5) is 22.0. The zero-order valence-corrected chi connectivity index (χ0v) is 22.5. The molecule has 0 aliphatic carbocycles. The molecule has 2 aliphatic rings. The Morgan fingerprint density at radius 3 is 2.58 bits per heavy atom. The van der Waals surface area contributed by atoms with Crippen LogP contribution in [-0.4, -0.2) is 87.9 Å². The lowest BCUT2D eigenvalue weighted by atomic mass is 9.98. The molecule has 2 unspecified atom stereocenters. The van der Waals surface area contributed by atoms with Crippen LogP contribution in [0.15, 0.2) is 29.3 Å². The van der Waals surface area contributed by atoms with Gasteiger partial charge < -0.3 is 24.4 Å². The maximum Gasteiger partial charge on any atom is 0.310 e. The Bertz CT molecular complexity index is 740. The Balaban J connectivity index is 0.00000385. The number of methoxy groups -OCH3 is 1. The molecule has 0 spiro atoms. The van der Waals surface area contributed by atoms with E-state index in [1.54, 1.807) is 7.11 Å². The van der Waals surface area contributed by atoms with Crippen molar-refractivity contribution in [2.45, 2.75) is 32.7 Å². The maximum absolute atomic E-state index is 12.3. The first kappa shape index (κ1) is 27.7. The normalized spacial score (nSPS) is 20.5. The van der Waals surface area contributed by atoms with Gasteiger partial charge in [0.2, 0.25) is 0 Å². The van der Waals surface area contributed by atoms with E-state index in [1.807, 2.05) is 19.1 Å². The topological polar surface area (TPSA) is 75.6 Å². The molecule has 186 valence electrons. The summed E-state index contributed by atoms with van der Waals surface area (Å²) >= 11 is 0. The molecule has 2 fully saturated rings. The van der Waals surface area contributed by atoms with Gasteiger partial charge in [-0.3, -0.25) is 14.7 Å². The van der Waals surface area contributed by atoms with E-state index >= 15 is 0 Å². The van der Waals surface area contributed by atoms with Crippen molar-refractivity contribution in [3.8, 4) is 5.75 Å². The number of aliphatic imine (C=N–C) groups is 1. The second-order valence-corrected chi connectivity index (χ2v) is 8.17. The second kappa shape index (κ2) is 14.6. The van der Waals surface area contributed by atoms with Crippen molar-refractivity contribution in [1.29, 1.82) is 0 Å². The quantitative estimate of drug-likeness (QED) is 0.222. The van der Waals surface area contributed by atoms with Crippen molar-refractivity contribution in [3.63, 3.8) is 0 Å². The number of nitrogens with zero attached hydrogens (tertiary/aromatic N) is 3. The highest BCUT2D eigenvalue weighted by atomic mass is 127. The summed E-state index contributed by atoms with van der Waals surface area (Å²) in [7, 11) is 1.68. The van der Waals surface area contributed by atoms with Crippen LogP contribution in [0.1, 0.15) is 38.3 Å². The Labute approximate surface area is 215 Å². The number of rotatable bonds is 8. The van der Waals surface area contributed by atoms with Crippen LogP contribution in [0, 0.1) is 5.92 Å². The Morgan fingerprint density at radius 1 is 1.21 bits per heavy atom. The highest BCUT2D eigenvalue weighted by Crippen LogP contribution is 2.25. The average molecular weight is 575 g/mol. The SMILES string of the molecule is CCNC(=NCC(c1ccc(OC)cc1)N1CCOCC1)N1CCCC(C(=O)OCC)C1.I. The molecule has 0 saturated carbocycles. The molecule has 0 bridgehead atoms. The number of morpholine rings is 1. The zero-order valence-electron chi connectivity index (χ0n) is 20.1. The summed E-state index contributed by atoms with van der Waals surface area (Å²) in [6.07, 6.45) is 1.83. The fourth-order valence-corrected chi connectivity index (χ4v) is 4.37. The predicted molar refractivity (Wildman–Crippen MR) is 140 cm³/mol. The summed E-state index contributed by atoms with van der Waals surface area (Å²) in [6, 6.07) is 8.42. The molecule has 0 amide bonds. The van der Waals surface area contributed by atoms with Crippen LogP contribution >= 0.6 is 24.0 Å². The summed E-state index contributed by atoms with van der Waals surface area (Å²) < 4.78 is 16.2. The molecule has 33 heavy (non-hydrogen) atoms. The number of benzene rings is 1. The molecule has 0 aromatic heterocycles. The van der Waals surface area contributed by atoms with Gasteiger partial charge in [-0.1, -0.05) is 12.1 Å². The third-order valence-corrected chi connectivity index (χ3v) is 6.08. The average Bonchev–Trinajstić information content (AvgIpc) is 2.85. The molecule has 1 aromatic rings. The monoisotopic (exact) mass is 574 g/mol. The fourth-order valence-electron chi connectivity index (χ4n) is 4.37. The second-order valence-electron chi connectivity index (χ2n) is 8.17. The summed E-state index contributed by atoms with van der Waals surface area (Å²) in [5.41, 5.74) is 1.22. The number of esters is 1. The molecule has 8 nitrogen and oxygen atoms in total. The van der Waals surface area contributed by atoms with Crippen LogP contribution in [0.3, 0.4) is 0 Å². The number of nitrogens with one attached hydrogen (secondary N) is 1. The fraction of sp³-hybridized carbons (Fsp3) is 0.667. The largest absolute Gasteiger partial charge is 0.497 e. The molecule has 2 saturated heterocycles. The molecule has 9 heteroatoms. The smallest absolute Gasteiger partial charge is 0.310 e. The number of halogens is 1. The number of likely N-dealkylation sites (tertiary alicyclic amines) is 1. The van der Waals surface area contributed by atoms with Crippen LogP contribution in [0.2, 0.25) is 0 Å². The van der Waals surface area contributed by atoms with Crippen molar-refractivity contribution in [1.82, 2.24) is 15.1 Å². The van der Waals surface area contributed by atoms with E-state index in [0.29, 0.717) is 19.7 Å². The molecule has 1 N–H and O–H groups in total. The number of guanidine groups is 1. The van der Waals surface area contributed by atoms with Gasteiger partial charge in [0.15, 0.2) is 5.96 Å².